The maximum absolute atomic E-state index is 5.34. The molecule has 0 aliphatic carbocycles. The standard InChI is InChI=1S/C18H29N3O2.HI/c1-5-23-12-6-11-19-18(20-13-15(2)3)21-14-16-7-9-17(22-4)10-8-16;/h7-10H,2,5-6,11-14H2,1,3-4H3,(H2,19,20,21);1H. The van der Waals surface area contributed by atoms with Crippen molar-refractivity contribution in [2.75, 3.05) is 33.4 Å². The molecule has 2 N–H and O–H groups in total. The lowest BCUT2D eigenvalue weighted by atomic mass is 10.2. The van der Waals surface area contributed by atoms with Gasteiger partial charge in [0.2, 0.25) is 0 Å². The number of methoxy groups -OCH3 is 1. The van der Waals surface area contributed by atoms with Crippen molar-refractivity contribution in [1.29, 1.82) is 0 Å². The summed E-state index contributed by atoms with van der Waals surface area (Å²) in [6.45, 7) is 11.6. The molecule has 0 heterocycles. The van der Waals surface area contributed by atoms with Crippen LogP contribution in [-0.2, 0) is 11.3 Å². The fourth-order valence-corrected chi connectivity index (χ4v) is 1.84. The third-order valence-electron chi connectivity index (χ3n) is 3.10. The third-order valence-corrected chi connectivity index (χ3v) is 3.10. The lowest BCUT2D eigenvalue weighted by molar-refractivity contribution is 0.145. The lowest BCUT2D eigenvalue weighted by Crippen LogP contribution is -2.38. The van der Waals surface area contributed by atoms with E-state index < -0.39 is 0 Å². The highest BCUT2D eigenvalue weighted by Gasteiger charge is 1.99. The van der Waals surface area contributed by atoms with Crippen LogP contribution < -0.4 is 15.4 Å². The highest BCUT2D eigenvalue weighted by atomic mass is 127. The molecule has 0 bridgehead atoms. The molecular formula is C18H30IN3O2. The van der Waals surface area contributed by atoms with Crippen LogP contribution in [0.2, 0.25) is 0 Å². The Morgan fingerprint density at radius 3 is 2.50 bits per heavy atom. The van der Waals surface area contributed by atoms with Crippen molar-refractivity contribution < 1.29 is 9.47 Å². The van der Waals surface area contributed by atoms with Crippen molar-refractivity contribution in [3.8, 4) is 5.75 Å². The van der Waals surface area contributed by atoms with Gasteiger partial charge >= 0.3 is 0 Å². The SMILES string of the molecule is C=C(C)CNC(=NCc1ccc(OC)cc1)NCCCOCC.I. The molecular weight excluding hydrogens is 417 g/mol. The van der Waals surface area contributed by atoms with Crippen LogP contribution in [0.3, 0.4) is 0 Å². The molecule has 0 saturated carbocycles. The fraction of sp³-hybridized carbons (Fsp3) is 0.500. The Balaban J connectivity index is 0.00000529. The molecule has 6 heteroatoms. The summed E-state index contributed by atoms with van der Waals surface area (Å²) in [5.41, 5.74) is 2.20. The lowest BCUT2D eigenvalue weighted by Gasteiger charge is -2.13. The zero-order chi connectivity index (χ0) is 16.9. The van der Waals surface area contributed by atoms with Gasteiger partial charge in [-0.1, -0.05) is 24.3 Å². The summed E-state index contributed by atoms with van der Waals surface area (Å²) in [5, 5.41) is 6.60. The van der Waals surface area contributed by atoms with Crippen LogP contribution in [-0.4, -0.2) is 39.4 Å². The van der Waals surface area contributed by atoms with E-state index in [1.54, 1.807) is 7.11 Å². The van der Waals surface area contributed by atoms with E-state index in [4.69, 9.17) is 9.47 Å². The maximum Gasteiger partial charge on any atom is 0.191 e. The van der Waals surface area contributed by atoms with Gasteiger partial charge in [0, 0.05) is 26.3 Å². The molecule has 0 atom stereocenters. The molecule has 24 heavy (non-hydrogen) atoms. The average Bonchev–Trinajstić information content (AvgIpc) is 2.56. The summed E-state index contributed by atoms with van der Waals surface area (Å²) in [7, 11) is 1.67. The van der Waals surface area contributed by atoms with Crippen molar-refractivity contribution in [2.45, 2.75) is 26.8 Å². The van der Waals surface area contributed by atoms with Gasteiger partial charge in [-0.25, -0.2) is 4.99 Å². The monoisotopic (exact) mass is 447 g/mol. The molecule has 0 saturated heterocycles. The minimum absolute atomic E-state index is 0. The number of ether oxygens (including phenoxy) is 2. The molecule has 1 rings (SSSR count). The molecule has 5 nitrogen and oxygen atoms in total. The first-order valence-electron chi connectivity index (χ1n) is 8.03. The van der Waals surface area contributed by atoms with Gasteiger partial charge in [0.1, 0.15) is 5.75 Å². The van der Waals surface area contributed by atoms with E-state index in [0.29, 0.717) is 13.1 Å². The van der Waals surface area contributed by atoms with E-state index in [-0.39, 0.29) is 24.0 Å². The molecule has 1 aromatic rings. The Bertz CT molecular complexity index is 490. The molecule has 0 amide bonds. The molecule has 1 aromatic carbocycles. The third kappa shape index (κ3) is 10.5. The Labute approximate surface area is 162 Å². The van der Waals surface area contributed by atoms with Crippen molar-refractivity contribution in [3.63, 3.8) is 0 Å². The van der Waals surface area contributed by atoms with Crippen LogP contribution >= 0.6 is 24.0 Å². The summed E-state index contributed by atoms with van der Waals surface area (Å²) in [5.74, 6) is 1.65. The second kappa shape index (κ2) is 14.1. The quantitative estimate of drug-likeness (QED) is 0.190. The Hall–Kier alpha value is -1.28. The first kappa shape index (κ1) is 22.7. The zero-order valence-corrected chi connectivity index (χ0v) is 17.3. The van der Waals surface area contributed by atoms with Crippen molar-refractivity contribution in [3.05, 3.63) is 42.0 Å². The number of nitrogens with one attached hydrogen (secondary N) is 2. The number of aliphatic imine (C=N–C) groups is 1. The topological polar surface area (TPSA) is 54.9 Å². The van der Waals surface area contributed by atoms with Crippen molar-refractivity contribution in [1.82, 2.24) is 10.6 Å². The maximum atomic E-state index is 5.34. The van der Waals surface area contributed by atoms with E-state index in [1.165, 1.54) is 0 Å². The van der Waals surface area contributed by atoms with Crippen LogP contribution in [0.15, 0.2) is 41.4 Å². The summed E-state index contributed by atoms with van der Waals surface area (Å²) >= 11 is 0. The average molecular weight is 447 g/mol. The number of benzene rings is 1. The van der Waals surface area contributed by atoms with E-state index in [2.05, 4.69) is 22.2 Å². The van der Waals surface area contributed by atoms with E-state index in [9.17, 15) is 0 Å². The van der Waals surface area contributed by atoms with E-state index in [0.717, 1.165) is 49.0 Å². The van der Waals surface area contributed by atoms with Gasteiger partial charge in [-0.3, -0.25) is 0 Å². The number of hydrogen-bond acceptors (Lipinski definition) is 3. The fourth-order valence-electron chi connectivity index (χ4n) is 1.84. The van der Waals surface area contributed by atoms with Gasteiger partial charge < -0.3 is 20.1 Å². The van der Waals surface area contributed by atoms with Crippen LogP contribution in [0.25, 0.3) is 0 Å². The van der Waals surface area contributed by atoms with Crippen molar-refractivity contribution >= 4 is 29.9 Å². The molecule has 0 radical (unpaired) electrons. The minimum atomic E-state index is 0. The van der Waals surface area contributed by atoms with E-state index >= 15 is 0 Å². The summed E-state index contributed by atoms with van der Waals surface area (Å²) in [6, 6.07) is 7.93. The molecule has 0 fully saturated rings. The summed E-state index contributed by atoms with van der Waals surface area (Å²) < 4.78 is 10.5. The van der Waals surface area contributed by atoms with Gasteiger partial charge in [-0.15, -0.1) is 24.0 Å². The second-order valence-corrected chi connectivity index (χ2v) is 5.30. The van der Waals surface area contributed by atoms with Crippen LogP contribution in [0.4, 0.5) is 0 Å². The molecule has 0 aromatic heterocycles. The van der Waals surface area contributed by atoms with Gasteiger partial charge in [0.25, 0.3) is 0 Å². The number of guanidine groups is 1. The van der Waals surface area contributed by atoms with Crippen LogP contribution in [0, 0.1) is 0 Å². The van der Waals surface area contributed by atoms with Crippen molar-refractivity contribution in [2.24, 2.45) is 4.99 Å². The number of nitrogens with zero attached hydrogens (tertiary/aromatic N) is 1. The summed E-state index contributed by atoms with van der Waals surface area (Å²) in [6.07, 6.45) is 0.949. The molecule has 0 spiro atoms. The first-order valence-corrected chi connectivity index (χ1v) is 8.03. The Morgan fingerprint density at radius 1 is 1.21 bits per heavy atom. The van der Waals surface area contributed by atoms with Gasteiger partial charge in [-0.05, 0) is 38.0 Å². The predicted molar refractivity (Wildman–Crippen MR) is 111 cm³/mol. The van der Waals surface area contributed by atoms with Gasteiger partial charge in [-0.2, -0.15) is 0 Å². The smallest absolute Gasteiger partial charge is 0.191 e. The first-order chi connectivity index (χ1) is 11.2. The normalized spacial score (nSPS) is 10.7. The Morgan fingerprint density at radius 2 is 1.92 bits per heavy atom. The Kier molecular flexibility index (Phi) is 13.3. The highest BCUT2D eigenvalue weighted by Crippen LogP contribution is 2.11. The molecule has 136 valence electrons. The molecule has 0 unspecified atom stereocenters. The molecule has 0 aliphatic rings. The van der Waals surface area contributed by atoms with Gasteiger partial charge in [0.05, 0.1) is 13.7 Å². The molecule has 0 aliphatic heterocycles. The second-order valence-electron chi connectivity index (χ2n) is 5.30. The van der Waals surface area contributed by atoms with E-state index in [1.807, 2.05) is 38.1 Å². The van der Waals surface area contributed by atoms with Gasteiger partial charge in [0.15, 0.2) is 5.96 Å². The zero-order valence-electron chi connectivity index (χ0n) is 14.9. The van der Waals surface area contributed by atoms with Crippen LogP contribution in [0.5, 0.6) is 5.75 Å². The number of rotatable bonds is 10. The summed E-state index contributed by atoms with van der Waals surface area (Å²) in [4.78, 5) is 4.61. The van der Waals surface area contributed by atoms with Crippen LogP contribution in [0.1, 0.15) is 25.8 Å². The highest BCUT2D eigenvalue weighted by molar-refractivity contribution is 14.0. The number of halogens is 1. The largest absolute Gasteiger partial charge is 0.497 e. The predicted octanol–water partition coefficient (Wildman–Crippen LogP) is 3.35. The number of hydrogen-bond donors (Lipinski definition) is 2. The minimum Gasteiger partial charge on any atom is -0.497 e.